The molecule has 0 saturated carbocycles. The monoisotopic (exact) mass is 459 g/mol. The number of hydrogen-bond acceptors (Lipinski definition) is 7. The molecule has 3 aromatic heterocycles. The zero-order valence-corrected chi connectivity index (χ0v) is 18.3. The van der Waals surface area contributed by atoms with E-state index >= 15 is 0 Å². The van der Waals surface area contributed by atoms with Crippen LogP contribution < -0.4 is 10.6 Å². The van der Waals surface area contributed by atoms with E-state index in [1.807, 2.05) is 31.2 Å². The second-order valence-electron chi connectivity index (χ2n) is 7.79. The molecule has 1 N–H and O–H groups in total. The Morgan fingerprint density at radius 1 is 1.12 bits per heavy atom. The molecule has 1 aliphatic rings. The minimum absolute atomic E-state index is 0.227. The summed E-state index contributed by atoms with van der Waals surface area (Å²) >= 11 is 6.43. The molecule has 164 valence electrons. The van der Waals surface area contributed by atoms with Gasteiger partial charge in [-0.05, 0) is 30.7 Å². The predicted molar refractivity (Wildman–Crippen MR) is 125 cm³/mol. The quantitative estimate of drug-likeness (QED) is 0.436. The van der Waals surface area contributed by atoms with Crippen molar-refractivity contribution in [2.45, 2.75) is 19.4 Å². The first-order valence-corrected chi connectivity index (χ1v) is 10.8. The fourth-order valence-corrected chi connectivity index (χ4v) is 4.55. The highest BCUT2D eigenvalue weighted by Gasteiger charge is 2.35. The number of para-hydroxylation sites is 1. The molecule has 1 unspecified atom stereocenters. The van der Waals surface area contributed by atoms with Gasteiger partial charge in [-0.1, -0.05) is 35.9 Å². The molecule has 5 aromatic rings. The second kappa shape index (κ2) is 7.65. The van der Waals surface area contributed by atoms with Gasteiger partial charge in [-0.15, -0.1) is 0 Å². The number of aryl methyl sites for hydroxylation is 1. The Morgan fingerprint density at radius 2 is 2.00 bits per heavy atom. The summed E-state index contributed by atoms with van der Waals surface area (Å²) in [6.45, 7) is 2.40. The van der Waals surface area contributed by atoms with Crippen molar-refractivity contribution in [3.63, 3.8) is 0 Å². The van der Waals surface area contributed by atoms with Gasteiger partial charge < -0.3 is 4.98 Å². The molecule has 33 heavy (non-hydrogen) atoms. The smallest absolute Gasteiger partial charge is 0.267 e. The number of imidazole rings is 1. The van der Waals surface area contributed by atoms with Crippen LogP contribution in [0, 0.1) is 6.92 Å². The number of nitrogens with one attached hydrogen (secondary N) is 1. The van der Waals surface area contributed by atoms with Gasteiger partial charge in [0.1, 0.15) is 18.2 Å². The number of H-pyrrole nitrogens is 1. The highest BCUT2D eigenvalue weighted by molar-refractivity contribution is 6.35. The molecule has 6 rings (SSSR count). The Hall–Kier alpha value is -3.82. The molecule has 10 heteroatoms. The van der Waals surface area contributed by atoms with Crippen molar-refractivity contribution in [2.24, 2.45) is 0 Å². The van der Waals surface area contributed by atoms with E-state index in [-0.39, 0.29) is 11.6 Å². The van der Waals surface area contributed by atoms with Crippen molar-refractivity contribution in [2.75, 3.05) is 11.7 Å². The zero-order chi connectivity index (χ0) is 22.5. The molecule has 4 heterocycles. The predicted octanol–water partition coefficient (Wildman–Crippen LogP) is 3.90. The Kier molecular flexibility index (Phi) is 4.60. The number of benzene rings is 2. The number of fused-ring (bicyclic) bond motifs is 2. The van der Waals surface area contributed by atoms with Crippen molar-refractivity contribution >= 4 is 39.5 Å². The van der Waals surface area contributed by atoms with E-state index < -0.39 is 0 Å². The van der Waals surface area contributed by atoms with Crippen LogP contribution >= 0.6 is 11.6 Å². The molecule has 9 nitrogen and oxygen atoms in total. The lowest BCUT2D eigenvalue weighted by atomic mass is 10.1. The minimum Gasteiger partial charge on any atom is -0.329 e. The van der Waals surface area contributed by atoms with Gasteiger partial charge in [0, 0.05) is 6.42 Å². The first kappa shape index (κ1) is 19.8. The number of halogens is 1. The molecule has 1 atom stereocenters. The summed E-state index contributed by atoms with van der Waals surface area (Å²) in [6.07, 6.45) is 3.63. The minimum atomic E-state index is -0.379. The van der Waals surface area contributed by atoms with Crippen LogP contribution in [-0.2, 0) is 4.84 Å². The van der Waals surface area contributed by atoms with Gasteiger partial charge in [0.15, 0.2) is 17.0 Å². The molecule has 0 radical (unpaired) electrons. The van der Waals surface area contributed by atoms with Crippen molar-refractivity contribution in [1.29, 1.82) is 0 Å². The SMILES string of the molecule is Cc1ccccc1-n1c(C2CCON2c2ncnc3[nH]cnc23)nc2cccc(Cl)c2c1=O. The van der Waals surface area contributed by atoms with Gasteiger partial charge in [0.25, 0.3) is 5.56 Å². The molecular weight excluding hydrogens is 442 g/mol. The number of aromatic amines is 1. The first-order chi connectivity index (χ1) is 16.1. The van der Waals surface area contributed by atoms with Gasteiger partial charge in [0.2, 0.25) is 0 Å². The average Bonchev–Trinajstić information content (AvgIpc) is 3.49. The zero-order valence-electron chi connectivity index (χ0n) is 17.6. The van der Waals surface area contributed by atoms with Crippen molar-refractivity contribution in [3.05, 3.63) is 81.9 Å². The van der Waals surface area contributed by atoms with Crippen LogP contribution in [0.25, 0.3) is 27.8 Å². The number of hydroxylamine groups is 1. The summed E-state index contributed by atoms with van der Waals surface area (Å²) < 4.78 is 1.64. The van der Waals surface area contributed by atoms with Crippen LogP contribution in [0.3, 0.4) is 0 Å². The Bertz CT molecular complexity index is 1580. The Balaban J connectivity index is 1.63. The molecule has 0 amide bonds. The van der Waals surface area contributed by atoms with Gasteiger partial charge in [-0.2, -0.15) is 0 Å². The molecule has 0 aliphatic carbocycles. The van der Waals surface area contributed by atoms with E-state index in [9.17, 15) is 4.79 Å². The van der Waals surface area contributed by atoms with E-state index in [1.165, 1.54) is 6.33 Å². The molecule has 0 bridgehead atoms. The van der Waals surface area contributed by atoms with Crippen LogP contribution in [0.5, 0.6) is 0 Å². The van der Waals surface area contributed by atoms with Crippen molar-refractivity contribution < 1.29 is 4.84 Å². The van der Waals surface area contributed by atoms with Gasteiger partial charge in [0.05, 0.1) is 34.5 Å². The Morgan fingerprint density at radius 3 is 2.88 bits per heavy atom. The van der Waals surface area contributed by atoms with Crippen LogP contribution in [0.2, 0.25) is 5.02 Å². The number of rotatable bonds is 3. The Labute approximate surface area is 192 Å². The molecule has 2 aromatic carbocycles. The lowest BCUT2D eigenvalue weighted by molar-refractivity contribution is 0.156. The molecule has 1 aliphatic heterocycles. The summed E-state index contributed by atoms with van der Waals surface area (Å²) in [5, 5.41) is 2.43. The third-order valence-electron chi connectivity index (χ3n) is 5.84. The maximum Gasteiger partial charge on any atom is 0.267 e. The van der Waals surface area contributed by atoms with E-state index in [1.54, 1.807) is 34.2 Å². The summed E-state index contributed by atoms with van der Waals surface area (Å²) in [4.78, 5) is 40.7. The maximum atomic E-state index is 13.8. The van der Waals surface area contributed by atoms with E-state index in [0.29, 0.717) is 51.8 Å². The van der Waals surface area contributed by atoms with Gasteiger partial charge in [-0.3, -0.25) is 14.2 Å². The summed E-state index contributed by atoms with van der Waals surface area (Å²) in [5.74, 6) is 1.06. The van der Waals surface area contributed by atoms with E-state index in [2.05, 4.69) is 19.9 Å². The number of nitrogens with zero attached hydrogens (tertiary/aromatic N) is 6. The fourth-order valence-electron chi connectivity index (χ4n) is 4.30. The normalized spacial score (nSPS) is 16.2. The van der Waals surface area contributed by atoms with Gasteiger partial charge >= 0.3 is 0 Å². The molecule has 0 spiro atoms. The van der Waals surface area contributed by atoms with Crippen LogP contribution in [-0.4, -0.2) is 36.1 Å². The largest absolute Gasteiger partial charge is 0.329 e. The standard InChI is InChI=1S/C23H18ClN7O2/c1-13-5-2-3-8-16(13)30-21(29-15-7-4-6-14(24)18(15)23(30)32)17-9-10-33-31(17)22-19-20(26-11-25-19)27-12-28-22/h2-8,11-12,17H,9-10H2,1H3,(H,25,26,27,28). The molecule has 1 saturated heterocycles. The van der Waals surface area contributed by atoms with Crippen LogP contribution in [0.15, 0.2) is 59.9 Å². The van der Waals surface area contributed by atoms with E-state index in [0.717, 1.165) is 11.3 Å². The fraction of sp³-hybridized carbons (Fsp3) is 0.174. The summed E-state index contributed by atoms with van der Waals surface area (Å²) in [7, 11) is 0. The molecular formula is C23H18ClN7O2. The third kappa shape index (κ3) is 3.08. The summed E-state index contributed by atoms with van der Waals surface area (Å²) in [5.41, 5.74) is 3.17. The van der Waals surface area contributed by atoms with Crippen LogP contribution in [0.4, 0.5) is 5.82 Å². The van der Waals surface area contributed by atoms with Crippen molar-refractivity contribution in [3.8, 4) is 5.69 Å². The highest BCUT2D eigenvalue weighted by Crippen LogP contribution is 2.36. The van der Waals surface area contributed by atoms with Gasteiger partial charge in [-0.25, -0.2) is 25.0 Å². The van der Waals surface area contributed by atoms with E-state index in [4.69, 9.17) is 21.4 Å². The highest BCUT2D eigenvalue weighted by atomic mass is 35.5. The lowest BCUT2D eigenvalue weighted by Crippen LogP contribution is -2.32. The number of hydrogen-bond donors (Lipinski definition) is 1. The topological polar surface area (TPSA) is 102 Å². The third-order valence-corrected chi connectivity index (χ3v) is 6.15. The number of anilines is 1. The maximum absolute atomic E-state index is 13.8. The lowest BCUT2D eigenvalue weighted by Gasteiger charge is -2.26. The number of aromatic nitrogens is 6. The van der Waals surface area contributed by atoms with Crippen molar-refractivity contribution in [1.82, 2.24) is 29.5 Å². The van der Waals surface area contributed by atoms with Crippen LogP contribution in [0.1, 0.15) is 23.9 Å². The first-order valence-electron chi connectivity index (χ1n) is 10.5. The summed E-state index contributed by atoms with van der Waals surface area (Å²) in [6, 6.07) is 12.6. The average molecular weight is 460 g/mol. The second-order valence-corrected chi connectivity index (χ2v) is 8.20. The molecule has 1 fully saturated rings.